The maximum absolute atomic E-state index is 12.7. The second-order valence-electron chi connectivity index (χ2n) is 6.39. The van der Waals surface area contributed by atoms with Crippen molar-refractivity contribution < 1.29 is 19.0 Å². The molecule has 1 N–H and O–H groups in total. The Kier molecular flexibility index (Phi) is 5.27. The Morgan fingerprint density at radius 2 is 1.83 bits per heavy atom. The molecule has 4 aromatic rings. The van der Waals surface area contributed by atoms with Gasteiger partial charge in [0.2, 0.25) is 5.75 Å². The quantitative estimate of drug-likeness (QED) is 0.431. The third-order valence-electron chi connectivity index (χ3n) is 4.45. The number of hydrogen-bond donors (Lipinski definition) is 1. The Morgan fingerprint density at radius 3 is 2.55 bits per heavy atom. The van der Waals surface area contributed by atoms with E-state index >= 15 is 0 Å². The van der Waals surface area contributed by atoms with E-state index in [1.54, 1.807) is 0 Å². The van der Waals surface area contributed by atoms with Crippen LogP contribution in [0.1, 0.15) is 5.56 Å². The summed E-state index contributed by atoms with van der Waals surface area (Å²) >= 11 is 3.42. The number of aromatic hydroxyl groups is 1. The minimum atomic E-state index is -0.369. The molecule has 0 unspecified atom stereocenters. The number of ether oxygens (including phenoxy) is 2. The molecule has 29 heavy (non-hydrogen) atoms. The highest BCUT2D eigenvalue weighted by Gasteiger charge is 2.20. The van der Waals surface area contributed by atoms with Gasteiger partial charge in [-0.05, 0) is 17.7 Å². The van der Waals surface area contributed by atoms with Crippen molar-refractivity contribution in [3.05, 3.63) is 87.0 Å². The van der Waals surface area contributed by atoms with Crippen LogP contribution in [0.25, 0.3) is 22.3 Å². The molecule has 0 fully saturated rings. The van der Waals surface area contributed by atoms with Crippen molar-refractivity contribution in [1.82, 2.24) is 0 Å². The van der Waals surface area contributed by atoms with Crippen LogP contribution in [0.2, 0.25) is 0 Å². The number of fused-ring (bicyclic) bond motifs is 1. The van der Waals surface area contributed by atoms with Crippen molar-refractivity contribution in [1.29, 1.82) is 0 Å². The smallest absolute Gasteiger partial charge is 0.205 e. The Balaban J connectivity index is 1.85. The average molecular weight is 453 g/mol. The molecule has 4 rings (SSSR count). The highest BCUT2D eigenvalue weighted by Crippen LogP contribution is 2.41. The highest BCUT2D eigenvalue weighted by molar-refractivity contribution is 9.10. The first-order valence-corrected chi connectivity index (χ1v) is 9.66. The van der Waals surface area contributed by atoms with Gasteiger partial charge in [0.25, 0.3) is 0 Å². The lowest BCUT2D eigenvalue weighted by Crippen LogP contribution is -2.04. The van der Waals surface area contributed by atoms with Crippen LogP contribution < -0.4 is 14.9 Å². The molecule has 0 aliphatic heterocycles. The summed E-state index contributed by atoms with van der Waals surface area (Å²) < 4.78 is 18.2. The standard InChI is InChI=1S/C23H17BrO5/c1-27-22-20(28-13-14-6-3-2-4-7-14)12-18(26)21-17(25)11-19(29-23(21)22)15-8-5-9-16(24)10-15/h2-12,26H,13H2,1H3. The normalized spacial score (nSPS) is 10.8. The first-order valence-electron chi connectivity index (χ1n) is 8.87. The lowest BCUT2D eigenvalue weighted by molar-refractivity contribution is 0.282. The second kappa shape index (κ2) is 8.01. The predicted molar refractivity (Wildman–Crippen MR) is 115 cm³/mol. The summed E-state index contributed by atoms with van der Waals surface area (Å²) in [6.07, 6.45) is 0. The minimum absolute atomic E-state index is 0.0488. The molecule has 0 spiro atoms. The summed E-state index contributed by atoms with van der Waals surface area (Å²) in [4.78, 5) is 12.7. The fourth-order valence-corrected chi connectivity index (χ4v) is 3.49. The monoisotopic (exact) mass is 452 g/mol. The molecule has 0 bridgehead atoms. The van der Waals surface area contributed by atoms with E-state index in [4.69, 9.17) is 13.9 Å². The van der Waals surface area contributed by atoms with Crippen LogP contribution in [0.4, 0.5) is 0 Å². The van der Waals surface area contributed by atoms with E-state index in [9.17, 15) is 9.90 Å². The third-order valence-corrected chi connectivity index (χ3v) is 4.95. The molecule has 0 radical (unpaired) electrons. The van der Waals surface area contributed by atoms with E-state index < -0.39 is 0 Å². The molecule has 1 heterocycles. The molecule has 0 amide bonds. The molecule has 0 atom stereocenters. The molecule has 6 heteroatoms. The number of rotatable bonds is 5. The van der Waals surface area contributed by atoms with E-state index in [1.165, 1.54) is 19.2 Å². The van der Waals surface area contributed by atoms with Crippen molar-refractivity contribution in [3.8, 4) is 28.6 Å². The van der Waals surface area contributed by atoms with E-state index in [1.807, 2.05) is 54.6 Å². The molecular formula is C23H17BrO5. The van der Waals surface area contributed by atoms with Crippen LogP contribution in [-0.4, -0.2) is 12.2 Å². The van der Waals surface area contributed by atoms with Crippen molar-refractivity contribution >= 4 is 26.9 Å². The maximum Gasteiger partial charge on any atom is 0.205 e. The van der Waals surface area contributed by atoms with Gasteiger partial charge < -0.3 is 19.0 Å². The van der Waals surface area contributed by atoms with Gasteiger partial charge in [-0.15, -0.1) is 0 Å². The molecular weight excluding hydrogens is 436 g/mol. The van der Waals surface area contributed by atoms with Crippen molar-refractivity contribution in [2.45, 2.75) is 6.61 Å². The van der Waals surface area contributed by atoms with Gasteiger partial charge in [0, 0.05) is 22.2 Å². The summed E-state index contributed by atoms with van der Waals surface area (Å²) in [6, 6.07) is 19.7. The van der Waals surface area contributed by atoms with Crippen molar-refractivity contribution in [2.75, 3.05) is 7.11 Å². The molecule has 0 saturated heterocycles. The summed E-state index contributed by atoms with van der Waals surface area (Å²) in [5, 5.41) is 10.5. The molecule has 5 nitrogen and oxygen atoms in total. The summed E-state index contributed by atoms with van der Waals surface area (Å²) in [7, 11) is 1.47. The zero-order valence-electron chi connectivity index (χ0n) is 15.5. The molecule has 3 aromatic carbocycles. The van der Waals surface area contributed by atoms with E-state index in [-0.39, 0.29) is 40.3 Å². The molecule has 146 valence electrons. The van der Waals surface area contributed by atoms with Gasteiger partial charge in [0.1, 0.15) is 23.5 Å². The van der Waals surface area contributed by atoms with E-state index in [0.29, 0.717) is 5.76 Å². The third kappa shape index (κ3) is 3.84. The number of hydrogen-bond acceptors (Lipinski definition) is 5. The first kappa shape index (κ1) is 19.1. The maximum atomic E-state index is 12.7. The van der Waals surface area contributed by atoms with Gasteiger partial charge in [-0.2, -0.15) is 0 Å². The van der Waals surface area contributed by atoms with Gasteiger partial charge in [0.15, 0.2) is 16.8 Å². The average Bonchev–Trinajstić information content (AvgIpc) is 2.72. The number of methoxy groups -OCH3 is 1. The zero-order chi connectivity index (χ0) is 20.4. The van der Waals surface area contributed by atoms with Crippen molar-refractivity contribution in [3.63, 3.8) is 0 Å². The Bertz CT molecular complexity index is 1230. The van der Waals surface area contributed by atoms with Crippen LogP contribution in [0, 0.1) is 0 Å². The largest absolute Gasteiger partial charge is 0.507 e. The Labute approximate surface area is 175 Å². The minimum Gasteiger partial charge on any atom is -0.507 e. The fourth-order valence-electron chi connectivity index (χ4n) is 3.09. The summed E-state index contributed by atoms with van der Waals surface area (Å²) in [6.45, 7) is 0.275. The van der Waals surface area contributed by atoms with Crippen molar-refractivity contribution in [2.24, 2.45) is 0 Å². The number of halogens is 1. The molecule has 0 saturated carbocycles. The lowest BCUT2D eigenvalue weighted by Gasteiger charge is -2.14. The van der Waals surface area contributed by atoms with Crippen LogP contribution in [0.5, 0.6) is 17.2 Å². The SMILES string of the molecule is COc1c(OCc2ccccc2)cc(O)c2c(=O)cc(-c3cccc(Br)c3)oc12. The van der Waals surface area contributed by atoms with Gasteiger partial charge in [-0.3, -0.25) is 4.79 Å². The van der Waals surface area contributed by atoms with Crippen LogP contribution in [0.3, 0.4) is 0 Å². The Morgan fingerprint density at radius 1 is 1.03 bits per heavy atom. The van der Waals surface area contributed by atoms with E-state index in [0.717, 1.165) is 15.6 Å². The summed E-state index contributed by atoms with van der Waals surface area (Å²) in [5.74, 6) is 0.679. The zero-order valence-corrected chi connectivity index (χ0v) is 17.1. The number of benzene rings is 3. The lowest BCUT2D eigenvalue weighted by atomic mass is 10.1. The van der Waals surface area contributed by atoms with Gasteiger partial charge in [-0.25, -0.2) is 0 Å². The number of phenolic OH excluding ortho intramolecular Hbond substituents is 1. The predicted octanol–water partition coefficient (Wildman–Crippen LogP) is 5.52. The first-order chi connectivity index (χ1) is 14.1. The van der Waals surface area contributed by atoms with Gasteiger partial charge in [0.05, 0.1) is 7.11 Å². The molecule has 1 aromatic heterocycles. The second-order valence-corrected chi connectivity index (χ2v) is 7.31. The van der Waals surface area contributed by atoms with Gasteiger partial charge in [-0.1, -0.05) is 58.4 Å². The topological polar surface area (TPSA) is 68.9 Å². The fraction of sp³-hybridized carbons (Fsp3) is 0.0870. The van der Waals surface area contributed by atoms with Crippen LogP contribution in [0.15, 0.2) is 80.4 Å². The molecule has 0 aliphatic rings. The summed E-state index contributed by atoms with van der Waals surface area (Å²) in [5.41, 5.74) is 1.44. The molecule has 0 aliphatic carbocycles. The Hall–Kier alpha value is -3.25. The van der Waals surface area contributed by atoms with Gasteiger partial charge >= 0.3 is 0 Å². The van der Waals surface area contributed by atoms with Crippen LogP contribution in [-0.2, 0) is 6.61 Å². The van der Waals surface area contributed by atoms with E-state index in [2.05, 4.69) is 15.9 Å². The van der Waals surface area contributed by atoms with Crippen LogP contribution >= 0.6 is 15.9 Å². The highest BCUT2D eigenvalue weighted by atomic mass is 79.9. The number of phenols is 1.